The van der Waals surface area contributed by atoms with E-state index in [0.717, 1.165) is 0 Å². The molecule has 2 rings (SSSR count). The van der Waals surface area contributed by atoms with Crippen molar-refractivity contribution in [2.24, 2.45) is 10.9 Å². The Balaban J connectivity index is 1.72. The van der Waals surface area contributed by atoms with Crippen LogP contribution < -0.4 is 5.32 Å². The maximum atomic E-state index is 11.9. The number of halogens is 3. The van der Waals surface area contributed by atoms with Crippen LogP contribution in [0.4, 0.5) is 13.2 Å². The van der Waals surface area contributed by atoms with Crippen LogP contribution >= 0.6 is 11.8 Å². The highest BCUT2D eigenvalue weighted by Gasteiger charge is 2.36. The van der Waals surface area contributed by atoms with E-state index in [4.69, 9.17) is 0 Å². The fourth-order valence-corrected chi connectivity index (χ4v) is 2.58. The maximum absolute atomic E-state index is 11.9. The van der Waals surface area contributed by atoms with Gasteiger partial charge in [-0.1, -0.05) is 11.8 Å². The standard InChI is InChI=1S/C8H11F3N2S/c9-8(10,11)4-13-7-12-3-6(14-7)5-1-2-5/h5-6H,1-4H2,(H,12,13). The van der Waals surface area contributed by atoms with Crippen LogP contribution in [0.3, 0.4) is 0 Å². The highest BCUT2D eigenvalue weighted by molar-refractivity contribution is 8.14. The summed E-state index contributed by atoms with van der Waals surface area (Å²) in [4.78, 5) is 4.05. The Bertz CT molecular complexity index is 247. The number of rotatable bonds is 2. The quantitative estimate of drug-likeness (QED) is 0.776. The molecule has 1 atom stereocenters. The van der Waals surface area contributed by atoms with Crippen LogP contribution in [0.5, 0.6) is 0 Å². The van der Waals surface area contributed by atoms with Gasteiger partial charge in [-0.25, -0.2) is 0 Å². The predicted octanol–water partition coefficient (Wildman–Crippen LogP) is 2.02. The SMILES string of the molecule is FC(F)(F)CNC1=NCC(C2CC2)S1. The Morgan fingerprint density at radius 3 is 2.71 bits per heavy atom. The minimum atomic E-state index is -4.15. The molecule has 0 aromatic carbocycles. The first kappa shape index (κ1) is 10.1. The van der Waals surface area contributed by atoms with Crippen molar-refractivity contribution in [2.45, 2.75) is 24.3 Å². The van der Waals surface area contributed by atoms with Crippen molar-refractivity contribution in [3.8, 4) is 0 Å². The molecule has 2 nitrogen and oxygen atoms in total. The van der Waals surface area contributed by atoms with Gasteiger partial charge in [0.1, 0.15) is 6.54 Å². The number of aliphatic imine (C=N–C) groups is 1. The molecule has 1 aliphatic heterocycles. The average Bonchev–Trinajstić information content (AvgIpc) is 2.81. The van der Waals surface area contributed by atoms with Gasteiger partial charge >= 0.3 is 6.18 Å². The highest BCUT2D eigenvalue weighted by atomic mass is 32.2. The molecule has 6 heteroatoms. The molecule has 0 aromatic heterocycles. The topological polar surface area (TPSA) is 24.4 Å². The molecule has 0 saturated heterocycles. The van der Waals surface area contributed by atoms with Gasteiger partial charge < -0.3 is 5.32 Å². The Kier molecular flexibility index (Phi) is 2.64. The van der Waals surface area contributed by atoms with Crippen molar-refractivity contribution in [3.05, 3.63) is 0 Å². The third-order valence-corrected chi connectivity index (χ3v) is 3.60. The number of nitrogens with zero attached hydrogens (tertiary/aromatic N) is 1. The molecule has 0 bridgehead atoms. The number of thioether (sulfide) groups is 1. The normalized spacial score (nSPS) is 27.6. The van der Waals surface area contributed by atoms with Crippen molar-refractivity contribution >= 4 is 16.9 Å². The fraction of sp³-hybridized carbons (Fsp3) is 0.875. The molecule has 80 valence electrons. The van der Waals surface area contributed by atoms with E-state index >= 15 is 0 Å². The molecule has 0 aromatic rings. The van der Waals surface area contributed by atoms with Crippen LogP contribution in [0, 0.1) is 5.92 Å². The second kappa shape index (κ2) is 3.64. The number of nitrogens with one attached hydrogen (secondary N) is 1. The van der Waals surface area contributed by atoms with Crippen molar-refractivity contribution in [1.82, 2.24) is 5.32 Å². The molecule has 2 aliphatic rings. The molecule has 1 N–H and O–H groups in total. The van der Waals surface area contributed by atoms with E-state index in [1.165, 1.54) is 24.6 Å². The molecule has 0 radical (unpaired) electrons. The Morgan fingerprint density at radius 2 is 2.14 bits per heavy atom. The predicted molar refractivity (Wildman–Crippen MR) is 50.5 cm³/mol. The average molecular weight is 224 g/mol. The van der Waals surface area contributed by atoms with E-state index in [1.54, 1.807) is 0 Å². The largest absolute Gasteiger partial charge is 0.405 e. The minimum Gasteiger partial charge on any atom is -0.356 e. The summed E-state index contributed by atoms with van der Waals surface area (Å²) in [6.07, 6.45) is -1.74. The van der Waals surface area contributed by atoms with Gasteiger partial charge in [-0.2, -0.15) is 13.2 Å². The van der Waals surface area contributed by atoms with Crippen LogP contribution in [0.15, 0.2) is 4.99 Å². The molecule has 1 fully saturated rings. The summed E-state index contributed by atoms with van der Waals surface area (Å²) < 4.78 is 35.6. The van der Waals surface area contributed by atoms with E-state index in [2.05, 4.69) is 10.3 Å². The van der Waals surface area contributed by atoms with Gasteiger partial charge in [0.2, 0.25) is 0 Å². The molecule has 0 spiro atoms. The van der Waals surface area contributed by atoms with Gasteiger partial charge in [0, 0.05) is 5.25 Å². The van der Waals surface area contributed by atoms with Gasteiger partial charge in [-0.05, 0) is 18.8 Å². The number of hydrogen-bond donors (Lipinski definition) is 1. The zero-order chi connectivity index (χ0) is 10.2. The van der Waals surface area contributed by atoms with Crippen molar-refractivity contribution in [1.29, 1.82) is 0 Å². The van der Waals surface area contributed by atoms with Crippen molar-refractivity contribution < 1.29 is 13.2 Å². The van der Waals surface area contributed by atoms with Crippen LogP contribution in [-0.4, -0.2) is 29.7 Å². The van der Waals surface area contributed by atoms with Gasteiger partial charge in [0.15, 0.2) is 5.17 Å². The summed E-state index contributed by atoms with van der Waals surface area (Å²) in [6, 6.07) is 0. The number of hydrogen-bond acceptors (Lipinski definition) is 3. The lowest BCUT2D eigenvalue weighted by atomic mass is 10.3. The van der Waals surface area contributed by atoms with Crippen LogP contribution in [0.25, 0.3) is 0 Å². The number of amidine groups is 1. The second-order valence-corrected chi connectivity index (χ2v) is 4.84. The van der Waals surface area contributed by atoms with Crippen molar-refractivity contribution in [2.75, 3.05) is 13.1 Å². The molecular formula is C8H11F3N2S. The van der Waals surface area contributed by atoms with E-state index in [0.29, 0.717) is 22.9 Å². The second-order valence-electron chi connectivity index (χ2n) is 3.61. The first-order chi connectivity index (χ1) is 6.54. The number of alkyl halides is 3. The Morgan fingerprint density at radius 1 is 1.43 bits per heavy atom. The first-order valence-electron chi connectivity index (χ1n) is 4.56. The van der Waals surface area contributed by atoms with E-state index in [9.17, 15) is 13.2 Å². The van der Waals surface area contributed by atoms with Crippen LogP contribution in [0.1, 0.15) is 12.8 Å². The van der Waals surface area contributed by atoms with Gasteiger partial charge in [0.25, 0.3) is 0 Å². The highest BCUT2D eigenvalue weighted by Crippen LogP contribution is 2.41. The van der Waals surface area contributed by atoms with E-state index < -0.39 is 12.7 Å². The summed E-state index contributed by atoms with van der Waals surface area (Å²) in [6.45, 7) is -0.300. The monoisotopic (exact) mass is 224 g/mol. The Labute approximate surface area is 84.3 Å². The lowest BCUT2D eigenvalue weighted by molar-refractivity contribution is -0.121. The third-order valence-electron chi connectivity index (χ3n) is 2.27. The zero-order valence-corrected chi connectivity index (χ0v) is 8.29. The van der Waals surface area contributed by atoms with Gasteiger partial charge in [-0.15, -0.1) is 0 Å². The van der Waals surface area contributed by atoms with Crippen LogP contribution in [0.2, 0.25) is 0 Å². The smallest absolute Gasteiger partial charge is 0.356 e. The summed E-state index contributed by atoms with van der Waals surface area (Å²) in [5.41, 5.74) is 0. The van der Waals surface area contributed by atoms with E-state index in [-0.39, 0.29) is 0 Å². The lowest BCUT2D eigenvalue weighted by Gasteiger charge is -2.09. The molecule has 1 aliphatic carbocycles. The molecule has 1 unspecified atom stereocenters. The molecular weight excluding hydrogens is 213 g/mol. The lowest BCUT2D eigenvalue weighted by Crippen LogP contribution is -2.31. The van der Waals surface area contributed by atoms with Gasteiger partial charge in [-0.3, -0.25) is 4.99 Å². The van der Waals surface area contributed by atoms with Crippen LogP contribution in [-0.2, 0) is 0 Å². The first-order valence-corrected chi connectivity index (χ1v) is 5.44. The maximum Gasteiger partial charge on any atom is 0.405 e. The fourth-order valence-electron chi connectivity index (χ4n) is 1.38. The summed E-state index contributed by atoms with van der Waals surface area (Å²) >= 11 is 1.46. The van der Waals surface area contributed by atoms with Gasteiger partial charge in [0.05, 0.1) is 6.54 Å². The third kappa shape index (κ3) is 2.80. The summed E-state index contributed by atoms with van der Waals surface area (Å²) in [7, 11) is 0. The zero-order valence-electron chi connectivity index (χ0n) is 7.47. The molecule has 14 heavy (non-hydrogen) atoms. The minimum absolute atomic E-state index is 0.422. The molecule has 1 saturated carbocycles. The summed E-state index contributed by atoms with van der Waals surface area (Å²) in [5.74, 6) is 0.689. The molecule has 0 amide bonds. The molecule has 1 heterocycles. The Hall–Kier alpha value is -0.390. The van der Waals surface area contributed by atoms with E-state index in [1.807, 2.05) is 0 Å². The summed E-state index contributed by atoms with van der Waals surface area (Å²) in [5, 5.41) is 3.20. The van der Waals surface area contributed by atoms with Crippen molar-refractivity contribution in [3.63, 3.8) is 0 Å².